The summed E-state index contributed by atoms with van der Waals surface area (Å²) < 4.78 is 10.0. The molecule has 6 amide bonds. The van der Waals surface area contributed by atoms with Crippen LogP contribution in [0.25, 0.3) is 0 Å². The second kappa shape index (κ2) is 15.9. The minimum absolute atomic E-state index is 0.0727. The van der Waals surface area contributed by atoms with E-state index in [-0.39, 0.29) is 33.0 Å². The fraction of sp³-hybridized carbons (Fsp3) is 0.667. The van der Waals surface area contributed by atoms with Crippen LogP contribution < -0.4 is 38.3 Å². The molecule has 0 aromatic carbocycles. The number of carbonyl (C=O) groups excluding carboxylic acids is 5. The number of urea groups is 1. The number of hydrogen-bond donors (Lipinski definition) is 8. The Bertz CT molecular complexity index is 589. The van der Waals surface area contributed by atoms with Crippen molar-refractivity contribution in [1.29, 1.82) is 0 Å². The first-order valence-electron chi connectivity index (χ1n) is 8.85. The summed E-state index contributed by atoms with van der Waals surface area (Å²) in [6.07, 6.45) is -0.475. The lowest BCUT2D eigenvalue weighted by molar-refractivity contribution is -0.127. The number of nitrogens with one attached hydrogen (secondary N) is 5. The quantitative estimate of drug-likeness (QED) is 0.0852. The molecule has 2 atom stereocenters. The van der Waals surface area contributed by atoms with Crippen LogP contribution in [0, 0.1) is 0 Å². The molecule has 0 aliphatic carbocycles. The van der Waals surface area contributed by atoms with E-state index in [0.29, 0.717) is 0 Å². The monoisotopic (exact) mass is 435 g/mol. The van der Waals surface area contributed by atoms with Crippen molar-refractivity contribution in [3.63, 3.8) is 0 Å². The van der Waals surface area contributed by atoms with E-state index in [9.17, 15) is 29.1 Å². The van der Waals surface area contributed by atoms with Gasteiger partial charge in [0, 0.05) is 13.6 Å². The van der Waals surface area contributed by atoms with Crippen molar-refractivity contribution in [2.24, 2.45) is 11.5 Å². The average Bonchev–Trinajstić information content (AvgIpc) is 2.67. The van der Waals surface area contributed by atoms with Crippen LogP contribution >= 0.6 is 0 Å². The van der Waals surface area contributed by atoms with E-state index in [2.05, 4.69) is 26.8 Å². The Balaban J connectivity index is 4.32. The number of amides is 6. The second-order valence-electron chi connectivity index (χ2n) is 5.74. The number of nitrogens with two attached hydrogens (primary N) is 2. The molecule has 0 aromatic heterocycles. The number of rotatable bonds is 16. The van der Waals surface area contributed by atoms with Crippen LogP contribution in [0.2, 0.25) is 0 Å². The van der Waals surface area contributed by atoms with Gasteiger partial charge in [-0.25, -0.2) is 10.2 Å². The van der Waals surface area contributed by atoms with Gasteiger partial charge in [0.25, 0.3) is 5.91 Å². The summed E-state index contributed by atoms with van der Waals surface area (Å²) in [6.45, 7) is -0.438. The summed E-state index contributed by atoms with van der Waals surface area (Å²) in [5.74, 6) is -2.86. The van der Waals surface area contributed by atoms with Gasteiger partial charge in [0.05, 0.1) is 32.8 Å². The van der Waals surface area contributed by atoms with Crippen molar-refractivity contribution in [2.75, 3.05) is 46.6 Å². The normalized spacial score (nSPS) is 12.3. The standard InChI is InChI=1S/C15H29N7O8/c1-18-22-14(27)9(6-11(16)24)20-15(28)21-10(7-23)13(26)19-2-3-29-4-5-30-8-12(17)25/h9-10,18,23H,2-8H2,1H3,(H2,16,24)(H2,17,25)(H,19,26)(H,22,27)(H2,20,21,28)/t9-,10-/m1/s1. The fourth-order valence-electron chi connectivity index (χ4n) is 1.94. The molecule has 0 saturated heterocycles. The summed E-state index contributed by atoms with van der Waals surface area (Å²) in [5.41, 5.74) is 14.5. The van der Waals surface area contributed by atoms with Gasteiger partial charge in [-0.05, 0) is 0 Å². The van der Waals surface area contributed by atoms with E-state index in [1.165, 1.54) is 7.05 Å². The summed E-state index contributed by atoms with van der Waals surface area (Å²) in [5, 5.41) is 16.1. The smallest absolute Gasteiger partial charge is 0.316 e. The maximum absolute atomic E-state index is 12.0. The van der Waals surface area contributed by atoms with Gasteiger partial charge in [-0.15, -0.1) is 0 Å². The maximum Gasteiger partial charge on any atom is 0.316 e. The first kappa shape index (κ1) is 27.0. The zero-order valence-corrected chi connectivity index (χ0v) is 16.6. The third kappa shape index (κ3) is 13.2. The molecule has 15 heteroatoms. The average molecular weight is 435 g/mol. The van der Waals surface area contributed by atoms with E-state index in [1.807, 2.05) is 0 Å². The summed E-state index contributed by atoms with van der Waals surface area (Å²) in [7, 11) is 1.41. The highest BCUT2D eigenvalue weighted by molar-refractivity contribution is 5.92. The minimum atomic E-state index is -1.31. The van der Waals surface area contributed by atoms with Gasteiger partial charge < -0.3 is 42.0 Å². The van der Waals surface area contributed by atoms with Crippen molar-refractivity contribution in [2.45, 2.75) is 18.5 Å². The van der Waals surface area contributed by atoms with E-state index < -0.39 is 54.8 Å². The fourth-order valence-corrected chi connectivity index (χ4v) is 1.94. The van der Waals surface area contributed by atoms with Crippen LogP contribution in [0.15, 0.2) is 0 Å². The van der Waals surface area contributed by atoms with Crippen LogP contribution in [-0.2, 0) is 28.7 Å². The zero-order chi connectivity index (χ0) is 22.9. The molecule has 0 heterocycles. The predicted octanol–water partition coefficient (Wildman–Crippen LogP) is -5.22. The third-order valence-electron chi connectivity index (χ3n) is 3.24. The highest BCUT2D eigenvalue weighted by Crippen LogP contribution is 1.93. The van der Waals surface area contributed by atoms with Crippen LogP contribution in [0.3, 0.4) is 0 Å². The van der Waals surface area contributed by atoms with Crippen LogP contribution in [0.4, 0.5) is 4.79 Å². The summed E-state index contributed by atoms with van der Waals surface area (Å²) in [6, 6.07) is -3.57. The van der Waals surface area contributed by atoms with Crippen LogP contribution in [0.5, 0.6) is 0 Å². The predicted molar refractivity (Wildman–Crippen MR) is 101 cm³/mol. The summed E-state index contributed by atoms with van der Waals surface area (Å²) >= 11 is 0. The Hall–Kier alpha value is -3.01. The lowest BCUT2D eigenvalue weighted by Crippen LogP contribution is -2.57. The molecular weight excluding hydrogens is 406 g/mol. The number of primary amides is 2. The molecule has 0 rings (SSSR count). The molecule has 0 radical (unpaired) electrons. The molecule has 15 nitrogen and oxygen atoms in total. The number of hydrazine groups is 1. The van der Waals surface area contributed by atoms with Crippen molar-refractivity contribution in [3.8, 4) is 0 Å². The molecule has 0 fully saturated rings. The topological polar surface area (TPSA) is 236 Å². The Morgan fingerprint density at radius 2 is 1.53 bits per heavy atom. The number of hydrogen-bond acceptors (Lipinski definition) is 9. The van der Waals surface area contributed by atoms with Gasteiger partial charge in [-0.1, -0.05) is 0 Å². The van der Waals surface area contributed by atoms with Crippen molar-refractivity contribution in [3.05, 3.63) is 0 Å². The highest BCUT2D eigenvalue weighted by Gasteiger charge is 2.25. The number of carbonyl (C=O) groups is 5. The number of aliphatic hydroxyl groups excluding tert-OH is 1. The molecule has 0 aliphatic rings. The molecule has 0 saturated carbocycles. The van der Waals surface area contributed by atoms with Gasteiger partial charge in [-0.3, -0.25) is 24.6 Å². The van der Waals surface area contributed by atoms with E-state index >= 15 is 0 Å². The molecule has 10 N–H and O–H groups in total. The van der Waals surface area contributed by atoms with Gasteiger partial charge >= 0.3 is 6.03 Å². The van der Waals surface area contributed by atoms with Crippen LogP contribution in [-0.4, -0.2) is 93.5 Å². The minimum Gasteiger partial charge on any atom is -0.394 e. The van der Waals surface area contributed by atoms with E-state index in [0.717, 1.165) is 0 Å². The van der Waals surface area contributed by atoms with E-state index in [4.69, 9.17) is 20.9 Å². The Kier molecular flexibility index (Phi) is 14.3. The third-order valence-corrected chi connectivity index (χ3v) is 3.24. The largest absolute Gasteiger partial charge is 0.394 e. The summed E-state index contributed by atoms with van der Waals surface area (Å²) in [4.78, 5) is 57.3. The Morgan fingerprint density at radius 1 is 0.900 bits per heavy atom. The molecule has 0 aliphatic heterocycles. The van der Waals surface area contributed by atoms with Gasteiger partial charge in [-0.2, -0.15) is 0 Å². The first-order valence-corrected chi connectivity index (χ1v) is 8.85. The second-order valence-corrected chi connectivity index (χ2v) is 5.74. The molecule has 0 bridgehead atoms. The Labute approximate surface area is 172 Å². The lowest BCUT2D eigenvalue weighted by Gasteiger charge is -2.20. The molecule has 0 spiro atoms. The number of ether oxygens (including phenoxy) is 2. The van der Waals surface area contributed by atoms with Crippen LogP contribution in [0.1, 0.15) is 6.42 Å². The van der Waals surface area contributed by atoms with Gasteiger partial charge in [0.15, 0.2) is 0 Å². The molecular formula is C15H29N7O8. The lowest BCUT2D eigenvalue weighted by atomic mass is 10.2. The number of aliphatic hydroxyl groups is 1. The van der Waals surface area contributed by atoms with Crippen molar-refractivity contribution in [1.82, 2.24) is 26.8 Å². The molecule has 30 heavy (non-hydrogen) atoms. The maximum atomic E-state index is 12.0. The molecule has 172 valence electrons. The van der Waals surface area contributed by atoms with Crippen molar-refractivity contribution < 1.29 is 38.6 Å². The Morgan fingerprint density at radius 3 is 2.10 bits per heavy atom. The molecule has 0 unspecified atom stereocenters. The van der Waals surface area contributed by atoms with E-state index in [1.54, 1.807) is 0 Å². The zero-order valence-electron chi connectivity index (χ0n) is 16.6. The SMILES string of the molecule is CNNC(=O)[C@@H](CC(N)=O)NC(=O)N[C@H](CO)C(=O)NCCOCCOCC(N)=O. The van der Waals surface area contributed by atoms with Gasteiger partial charge in [0.1, 0.15) is 18.7 Å². The molecule has 0 aromatic rings. The van der Waals surface area contributed by atoms with Gasteiger partial charge in [0.2, 0.25) is 17.7 Å². The highest BCUT2D eigenvalue weighted by atomic mass is 16.5. The first-order chi connectivity index (χ1) is 14.2. The van der Waals surface area contributed by atoms with Crippen molar-refractivity contribution >= 4 is 29.7 Å².